The van der Waals surface area contributed by atoms with Gasteiger partial charge in [0.25, 0.3) is 5.91 Å². The van der Waals surface area contributed by atoms with Crippen LogP contribution in [-0.4, -0.2) is 17.0 Å². The summed E-state index contributed by atoms with van der Waals surface area (Å²) < 4.78 is 5.67. The number of carboxylic acid groups (broad SMARTS) is 1. The van der Waals surface area contributed by atoms with Crippen LogP contribution in [0.5, 0.6) is 0 Å². The Morgan fingerprint density at radius 3 is 2.59 bits per heavy atom. The van der Waals surface area contributed by atoms with Gasteiger partial charge in [0.1, 0.15) is 23.2 Å². The highest BCUT2D eigenvalue weighted by Gasteiger charge is 2.14. The van der Waals surface area contributed by atoms with Crippen LogP contribution in [0.2, 0.25) is 5.02 Å². The van der Waals surface area contributed by atoms with E-state index in [1.165, 1.54) is 18.2 Å². The van der Waals surface area contributed by atoms with Crippen LogP contribution in [0.1, 0.15) is 21.7 Å². The minimum atomic E-state index is -1.12. The van der Waals surface area contributed by atoms with Crippen molar-refractivity contribution in [3.8, 4) is 17.4 Å². The predicted octanol–water partition coefficient (Wildman–Crippen LogP) is 5.15. The minimum Gasteiger partial charge on any atom is -0.478 e. The first-order valence-corrected chi connectivity index (χ1v) is 8.88. The highest BCUT2D eigenvalue weighted by Crippen LogP contribution is 2.28. The number of nitrogens with zero attached hydrogens (tertiary/aromatic N) is 1. The van der Waals surface area contributed by atoms with Crippen LogP contribution >= 0.6 is 11.6 Å². The first-order valence-electron chi connectivity index (χ1n) is 8.51. The molecule has 1 amide bonds. The number of nitriles is 1. The Balaban J connectivity index is 1.83. The van der Waals surface area contributed by atoms with Gasteiger partial charge in [0.05, 0.1) is 10.6 Å². The predicted molar refractivity (Wildman–Crippen MR) is 110 cm³/mol. The molecule has 0 atom stereocenters. The lowest BCUT2D eigenvalue weighted by Gasteiger charge is -2.06. The van der Waals surface area contributed by atoms with E-state index in [4.69, 9.17) is 21.1 Å². The van der Waals surface area contributed by atoms with Crippen LogP contribution in [0.4, 0.5) is 5.69 Å². The van der Waals surface area contributed by atoms with E-state index in [-0.39, 0.29) is 16.2 Å². The maximum absolute atomic E-state index is 12.4. The lowest BCUT2D eigenvalue weighted by Crippen LogP contribution is -2.14. The fraction of sp³-hybridized carbons (Fsp3) is 0.0455. The number of furan rings is 1. The largest absolute Gasteiger partial charge is 0.478 e. The van der Waals surface area contributed by atoms with Crippen LogP contribution in [-0.2, 0) is 4.79 Å². The topological polar surface area (TPSA) is 103 Å². The Bertz CT molecular complexity index is 1170. The normalized spacial score (nSPS) is 11.0. The number of anilines is 1. The summed E-state index contributed by atoms with van der Waals surface area (Å²) in [4.78, 5) is 23.5. The number of carboxylic acids is 1. The average molecular weight is 407 g/mol. The lowest BCUT2D eigenvalue weighted by molar-refractivity contribution is -0.112. The lowest BCUT2D eigenvalue weighted by atomic mass is 10.1. The third-order valence-corrected chi connectivity index (χ3v) is 4.47. The maximum atomic E-state index is 12.4. The van der Waals surface area contributed by atoms with Crippen LogP contribution in [0, 0.1) is 18.3 Å². The fourth-order valence-electron chi connectivity index (χ4n) is 2.62. The number of benzene rings is 2. The van der Waals surface area contributed by atoms with Gasteiger partial charge in [-0.3, -0.25) is 4.79 Å². The van der Waals surface area contributed by atoms with E-state index in [1.54, 1.807) is 30.3 Å². The maximum Gasteiger partial charge on any atom is 0.337 e. The first-order chi connectivity index (χ1) is 13.9. The molecular weight excluding hydrogens is 392 g/mol. The van der Waals surface area contributed by atoms with Gasteiger partial charge in [0.2, 0.25) is 0 Å². The van der Waals surface area contributed by atoms with Gasteiger partial charge in [0.15, 0.2) is 0 Å². The zero-order valence-electron chi connectivity index (χ0n) is 15.3. The summed E-state index contributed by atoms with van der Waals surface area (Å²) in [5.41, 5.74) is 1.93. The summed E-state index contributed by atoms with van der Waals surface area (Å²) in [5.74, 6) is -0.946. The number of nitrogens with one attached hydrogen (secondary N) is 1. The van der Waals surface area contributed by atoms with E-state index in [0.29, 0.717) is 22.8 Å². The average Bonchev–Trinajstić information content (AvgIpc) is 3.16. The molecule has 0 radical (unpaired) electrons. The number of hydrogen-bond acceptors (Lipinski definition) is 4. The van der Waals surface area contributed by atoms with Crippen LogP contribution < -0.4 is 5.32 Å². The van der Waals surface area contributed by atoms with Gasteiger partial charge in [0, 0.05) is 17.3 Å². The second-order valence-electron chi connectivity index (χ2n) is 6.14. The van der Waals surface area contributed by atoms with Crippen molar-refractivity contribution in [2.24, 2.45) is 0 Å². The summed E-state index contributed by atoms with van der Waals surface area (Å²) in [6.45, 7) is 1.85. The molecule has 1 heterocycles. The molecule has 7 heteroatoms. The van der Waals surface area contributed by atoms with Crippen molar-refractivity contribution in [3.63, 3.8) is 0 Å². The van der Waals surface area contributed by atoms with E-state index in [0.717, 1.165) is 5.56 Å². The Morgan fingerprint density at radius 1 is 1.17 bits per heavy atom. The minimum absolute atomic E-state index is 0.0123. The Morgan fingerprint density at radius 2 is 1.93 bits per heavy atom. The SMILES string of the molecule is Cc1ccccc1NC(=O)/C(C#N)=C/c1ccc(-c2ccc(C(=O)O)c(Cl)c2)o1. The molecule has 2 N–H and O–H groups in total. The molecule has 144 valence electrons. The van der Waals surface area contributed by atoms with E-state index in [9.17, 15) is 14.9 Å². The van der Waals surface area contributed by atoms with Crippen LogP contribution in [0.3, 0.4) is 0 Å². The van der Waals surface area contributed by atoms with E-state index in [1.807, 2.05) is 25.1 Å². The molecule has 0 saturated carbocycles. The summed E-state index contributed by atoms with van der Waals surface area (Å²) in [7, 11) is 0. The Kier molecular flexibility index (Phi) is 5.82. The molecule has 0 aliphatic carbocycles. The second-order valence-corrected chi connectivity index (χ2v) is 6.55. The third kappa shape index (κ3) is 4.54. The van der Waals surface area contributed by atoms with Gasteiger partial charge in [-0.25, -0.2) is 4.79 Å². The molecule has 0 aliphatic rings. The molecule has 29 heavy (non-hydrogen) atoms. The molecule has 0 bridgehead atoms. The molecular formula is C22H15ClN2O4. The molecule has 0 unspecified atom stereocenters. The van der Waals surface area contributed by atoms with Gasteiger partial charge in [-0.15, -0.1) is 0 Å². The number of rotatable bonds is 5. The van der Waals surface area contributed by atoms with Crippen LogP contribution in [0.25, 0.3) is 17.4 Å². The summed E-state index contributed by atoms with van der Waals surface area (Å²) in [6.07, 6.45) is 1.34. The Hall–Kier alpha value is -3.82. The number of carbonyl (C=O) groups is 2. The highest BCUT2D eigenvalue weighted by atomic mass is 35.5. The zero-order chi connectivity index (χ0) is 21.0. The number of hydrogen-bond donors (Lipinski definition) is 2. The Labute approximate surface area is 171 Å². The first kappa shape index (κ1) is 19.9. The molecule has 3 rings (SSSR count). The number of halogens is 1. The van der Waals surface area contributed by atoms with E-state index < -0.39 is 11.9 Å². The van der Waals surface area contributed by atoms with Gasteiger partial charge < -0.3 is 14.8 Å². The van der Waals surface area contributed by atoms with Crippen molar-refractivity contribution in [2.75, 3.05) is 5.32 Å². The number of carbonyl (C=O) groups excluding carboxylic acids is 1. The van der Waals surface area contributed by atoms with E-state index >= 15 is 0 Å². The molecule has 0 spiro atoms. The quantitative estimate of drug-likeness (QED) is 0.450. The van der Waals surface area contributed by atoms with Crippen molar-refractivity contribution in [2.45, 2.75) is 6.92 Å². The van der Waals surface area contributed by atoms with Crippen molar-refractivity contribution < 1.29 is 19.1 Å². The molecule has 0 fully saturated rings. The van der Waals surface area contributed by atoms with Crippen LogP contribution in [0.15, 0.2) is 64.6 Å². The van der Waals surface area contributed by atoms with Crippen molar-refractivity contribution in [3.05, 3.63) is 82.1 Å². The molecule has 6 nitrogen and oxygen atoms in total. The smallest absolute Gasteiger partial charge is 0.337 e. The van der Waals surface area contributed by atoms with Gasteiger partial charge in [-0.1, -0.05) is 35.9 Å². The monoisotopic (exact) mass is 406 g/mol. The third-order valence-electron chi connectivity index (χ3n) is 4.16. The van der Waals surface area contributed by atoms with Crippen molar-refractivity contribution >= 4 is 35.2 Å². The zero-order valence-corrected chi connectivity index (χ0v) is 16.0. The molecule has 1 aromatic heterocycles. The molecule has 0 saturated heterocycles. The second kappa shape index (κ2) is 8.46. The number of aryl methyl sites for hydroxylation is 1. The van der Waals surface area contributed by atoms with Gasteiger partial charge in [-0.05, 0) is 42.8 Å². The molecule has 2 aromatic carbocycles. The summed E-state index contributed by atoms with van der Waals surface area (Å²) >= 11 is 5.99. The van der Waals surface area contributed by atoms with Crippen molar-refractivity contribution in [1.29, 1.82) is 5.26 Å². The molecule has 3 aromatic rings. The number of aromatic carboxylic acids is 1. The van der Waals surface area contributed by atoms with Crippen molar-refractivity contribution in [1.82, 2.24) is 0 Å². The molecule has 0 aliphatic heterocycles. The number of para-hydroxylation sites is 1. The highest BCUT2D eigenvalue weighted by molar-refractivity contribution is 6.33. The standard InChI is InChI=1S/C22H15ClN2O4/c1-13-4-2-3-5-19(13)25-21(26)15(12-24)10-16-7-9-20(29-16)14-6-8-17(22(27)28)18(23)11-14/h2-11H,1H3,(H,25,26)(H,27,28)/b15-10+. The van der Waals surface area contributed by atoms with Gasteiger partial charge >= 0.3 is 5.97 Å². The van der Waals surface area contributed by atoms with Gasteiger partial charge in [-0.2, -0.15) is 5.26 Å². The number of amides is 1. The fourth-order valence-corrected chi connectivity index (χ4v) is 2.88. The summed E-state index contributed by atoms with van der Waals surface area (Å²) in [6, 6.07) is 16.8. The summed E-state index contributed by atoms with van der Waals surface area (Å²) in [5, 5.41) is 21.2. The van der Waals surface area contributed by atoms with E-state index in [2.05, 4.69) is 5.32 Å².